The van der Waals surface area contributed by atoms with Crippen molar-refractivity contribution in [3.63, 3.8) is 0 Å². The number of methoxy groups -OCH3 is 1. The van der Waals surface area contributed by atoms with Gasteiger partial charge >= 0.3 is 0 Å². The first kappa shape index (κ1) is 15.4. The van der Waals surface area contributed by atoms with Gasteiger partial charge in [0.05, 0.1) is 0 Å². The van der Waals surface area contributed by atoms with Crippen LogP contribution in [0, 0.1) is 0 Å². The highest BCUT2D eigenvalue weighted by Gasteiger charge is 2.10. The number of aromatic nitrogens is 1. The van der Waals surface area contributed by atoms with Crippen LogP contribution in [0.15, 0.2) is 24.4 Å². The number of unbranched alkanes of at least 4 members (excludes halogenated alkanes) is 1. The van der Waals surface area contributed by atoms with Crippen molar-refractivity contribution in [2.75, 3.05) is 13.7 Å². The summed E-state index contributed by atoms with van der Waals surface area (Å²) in [6.45, 7) is 3.84. The highest BCUT2D eigenvalue weighted by molar-refractivity contribution is 6.31. The van der Waals surface area contributed by atoms with Gasteiger partial charge in [-0.1, -0.05) is 17.7 Å². The molecule has 0 saturated heterocycles. The van der Waals surface area contributed by atoms with Crippen molar-refractivity contribution in [3.05, 3.63) is 35.0 Å². The van der Waals surface area contributed by atoms with Crippen molar-refractivity contribution in [1.29, 1.82) is 0 Å². The third-order valence-corrected chi connectivity index (χ3v) is 3.70. The standard InChI is InChI=1S/C16H23ClN2O/c1-12(18)9-13-11-19(7-3-4-8-20-2)16-10-14(17)5-6-15(13)16/h5-6,10-12H,3-4,7-9,18H2,1-2H3. The van der Waals surface area contributed by atoms with E-state index in [0.717, 1.165) is 37.4 Å². The molecule has 0 spiro atoms. The number of halogens is 1. The number of nitrogens with two attached hydrogens (primary N) is 1. The predicted molar refractivity (Wildman–Crippen MR) is 85.4 cm³/mol. The van der Waals surface area contributed by atoms with Crippen LogP contribution in [0.5, 0.6) is 0 Å². The average molecular weight is 295 g/mol. The van der Waals surface area contributed by atoms with Crippen LogP contribution in [-0.2, 0) is 17.7 Å². The van der Waals surface area contributed by atoms with E-state index in [9.17, 15) is 0 Å². The zero-order valence-corrected chi connectivity index (χ0v) is 13.0. The minimum absolute atomic E-state index is 0.165. The fraction of sp³-hybridized carbons (Fsp3) is 0.500. The van der Waals surface area contributed by atoms with Gasteiger partial charge in [-0.3, -0.25) is 0 Å². The largest absolute Gasteiger partial charge is 0.385 e. The van der Waals surface area contributed by atoms with Crippen LogP contribution >= 0.6 is 11.6 Å². The third-order valence-electron chi connectivity index (χ3n) is 3.47. The second-order valence-electron chi connectivity index (χ2n) is 5.39. The lowest BCUT2D eigenvalue weighted by Crippen LogP contribution is -2.17. The molecule has 0 aliphatic rings. The predicted octanol–water partition coefficient (Wildman–Crippen LogP) is 3.61. The topological polar surface area (TPSA) is 40.2 Å². The summed E-state index contributed by atoms with van der Waals surface area (Å²) in [5.74, 6) is 0. The summed E-state index contributed by atoms with van der Waals surface area (Å²) in [4.78, 5) is 0. The summed E-state index contributed by atoms with van der Waals surface area (Å²) in [7, 11) is 1.74. The first-order chi connectivity index (χ1) is 9.61. The monoisotopic (exact) mass is 294 g/mol. The molecule has 1 aromatic carbocycles. The van der Waals surface area contributed by atoms with E-state index in [2.05, 4.69) is 16.8 Å². The minimum Gasteiger partial charge on any atom is -0.385 e. The fourth-order valence-corrected chi connectivity index (χ4v) is 2.73. The molecule has 0 fully saturated rings. The molecule has 4 heteroatoms. The Bertz CT molecular complexity index is 563. The Kier molecular flexibility index (Phi) is 5.46. The van der Waals surface area contributed by atoms with Gasteiger partial charge in [0.1, 0.15) is 0 Å². The van der Waals surface area contributed by atoms with Gasteiger partial charge in [0.2, 0.25) is 0 Å². The van der Waals surface area contributed by atoms with Crippen molar-refractivity contribution >= 4 is 22.5 Å². The lowest BCUT2D eigenvalue weighted by molar-refractivity contribution is 0.191. The molecule has 20 heavy (non-hydrogen) atoms. The minimum atomic E-state index is 0.165. The fourth-order valence-electron chi connectivity index (χ4n) is 2.56. The molecule has 0 aliphatic heterocycles. The van der Waals surface area contributed by atoms with Gasteiger partial charge in [-0.25, -0.2) is 0 Å². The van der Waals surface area contributed by atoms with Gasteiger partial charge in [0, 0.05) is 48.4 Å². The number of ether oxygens (including phenoxy) is 1. The molecule has 0 amide bonds. The van der Waals surface area contributed by atoms with Gasteiger partial charge in [-0.2, -0.15) is 0 Å². The van der Waals surface area contributed by atoms with Crippen molar-refractivity contribution in [3.8, 4) is 0 Å². The van der Waals surface area contributed by atoms with Crippen LogP contribution < -0.4 is 5.73 Å². The maximum Gasteiger partial charge on any atom is 0.0498 e. The van der Waals surface area contributed by atoms with E-state index in [1.807, 2.05) is 19.1 Å². The number of rotatable bonds is 7. The van der Waals surface area contributed by atoms with Crippen molar-refractivity contribution in [1.82, 2.24) is 4.57 Å². The maximum atomic E-state index is 6.13. The van der Waals surface area contributed by atoms with Gasteiger partial charge in [0.15, 0.2) is 0 Å². The van der Waals surface area contributed by atoms with E-state index in [1.165, 1.54) is 16.5 Å². The molecule has 2 N–H and O–H groups in total. The molecule has 1 aromatic heterocycles. The summed E-state index contributed by atoms with van der Waals surface area (Å²) in [5, 5.41) is 2.04. The lowest BCUT2D eigenvalue weighted by atomic mass is 10.1. The van der Waals surface area contributed by atoms with E-state index < -0.39 is 0 Å². The number of hydrogen-bond donors (Lipinski definition) is 1. The molecule has 3 nitrogen and oxygen atoms in total. The van der Waals surface area contributed by atoms with Crippen LogP contribution in [0.4, 0.5) is 0 Å². The molecule has 1 unspecified atom stereocenters. The SMILES string of the molecule is COCCCCn1cc(CC(C)N)c2ccc(Cl)cc21. The number of nitrogens with zero attached hydrogens (tertiary/aromatic N) is 1. The molecule has 0 bridgehead atoms. The van der Waals surface area contributed by atoms with E-state index in [-0.39, 0.29) is 6.04 Å². The van der Waals surface area contributed by atoms with Crippen LogP contribution in [0.1, 0.15) is 25.3 Å². The average Bonchev–Trinajstić information content (AvgIpc) is 2.71. The van der Waals surface area contributed by atoms with E-state index in [0.29, 0.717) is 0 Å². The Labute approximate surface area is 125 Å². The lowest BCUT2D eigenvalue weighted by Gasteiger charge is -2.05. The molecule has 0 radical (unpaired) electrons. The third kappa shape index (κ3) is 3.75. The summed E-state index contributed by atoms with van der Waals surface area (Å²) in [6.07, 6.45) is 5.28. The highest BCUT2D eigenvalue weighted by atomic mass is 35.5. The molecule has 2 rings (SSSR count). The maximum absolute atomic E-state index is 6.13. The number of hydrogen-bond acceptors (Lipinski definition) is 2. The number of fused-ring (bicyclic) bond motifs is 1. The van der Waals surface area contributed by atoms with Gasteiger partial charge in [0.25, 0.3) is 0 Å². The molecule has 110 valence electrons. The van der Waals surface area contributed by atoms with Crippen molar-refractivity contribution in [2.24, 2.45) is 5.73 Å². The molecular formula is C16H23ClN2O. The molecule has 1 heterocycles. The first-order valence-electron chi connectivity index (χ1n) is 7.13. The van der Waals surface area contributed by atoms with Crippen molar-refractivity contribution in [2.45, 2.75) is 38.8 Å². The Balaban J connectivity index is 2.25. The van der Waals surface area contributed by atoms with Crippen LogP contribution in [0.3, 0.4) is 0 Å². The van der Waals surface area contributed by atoms with Crippen LogP contribution in [-0.4, -0.2) is 24.3 Å². The van der Waals surface area contributed by atoms with Crippen LogP contribution in [0.2, 0.25) is 5.02 Å². The molecule has 2 aromatic rings. The van der Waals surface area contributed by atoms with E-state index in [4.69, 9.17) is 22.1 Å². The first-order valence-corrected chi connectivity index (χ1v) is 7.51. The Hall–Kier alpha value is -1.03. The smallest absolute Gasteiger partial charge is 0.0498 e. The Morgan fingerprint density at radius 2 is 2.15 bits per heavy atom. The zero-order valence-electron chi connectivity index (χ0n) is 12.2. The van der Waals surface area contributed by atoms with Crippen LogP contribution in [0.25, 0.3) is 10.9 Å². The highest BCUT2D eigenvalue weighted by Crippen LogP contribution is 2.26. The second-order valence-corrected chi connectivity index (χ2v) is 5.83. The summed E-state index contributed by atoms with van der Waals surface area (Å²) in [5.41, 5.74) is 8.45. The molecule has 0 saturated carbocycles. The summed E-state index contributed by atoms with van der Waals surface area (Å²) >= 11 is 6.13. The number of aryl methyl sites for hydroxylation is 1. The number of benzene rings is 1. The van der Waals surface area contributed by atoms with E-state index in [1.54, 1.807) is 7.11 Å². The van der Waals surface area contributed by atoms with E-state index >= 15 is 0 Å². The Morgan fingerprint density at radius 1 is 1.35 bits per heavy atom. The summed E-state index contributed by atoms with van der Waals surface area (Å²) < 4.78 is 7.38. The normalized spacial score (nSPS) is 13.0. The van der Waals surface area contributed by atoms with Gasteiger partial charge < -0.3 is 15.0 Å². The molecule has 0 aliphatic carbocycles. The summed E-state index contributed by atoms with van der Waals surface area (Å²) in [6, 6.07) is 6.25. The molecule has 1 atom stereocenters. The zero-order chi connectivity index (χ0) is 14.5. The second kappa shape index (κ2) is 7.11. The van der Waals surface area contributed by atoms with Crippen molar-refractivity contribution < 1.29 is 4.74 Å². The van der Waals surface area contributed by atoms with Gasteiger partial charge in [-0.05, 0) is 43.9 Å². The quantitative estimate of drug-likeness (QED) is 0.793. The molecular weight excluding hydrogens is 272 g/mol. The Morgan fingerprint density at radius 3 is 2.85 bits per heavy atom. The van der Waals surface area contributed by atoms with Gasteiger partial charge in [-0.15, -0.1) is 0 Å².